The molecule has 0 bridgehead atoms. The van der Waals surface area contributed by atoms with Crippen molar-refractivity contribution in [2.75, 3.05) is 0 Å². The van der Waals surface area contributed by atoms with Crippen LogP contribution in [0, 0.1) is 23.7 Å². The first kappa shape index (κ1) is 40.6. The fraction of sp³-hybridized carbons (Fsp3) is 1.00. The summed E-state index contributed by atoms with van der Waals surface area (Å²) >= 11 is 0. The van der Waals surface area contributed by atoms with E-state index in [1.165, 1.54) is 38.5 Å². The van der Waals surface area contributed by atoms with Crippen molar-refractivity contribution in [3.8, 4) is 0 Å². The molecule has 0 aliphatic heterocycles. The van der Waals surface area contributed by atoms with Crippen LogP contribution in [0.2, 0.25) is 0 Å². The molecule has 0 radical (unpaired) electrons. The van der Waals surface area contributed by atoms with Gasteiger partial charge >= 0.3 is 0 Å². The van der Waals surface area contributed by atoms with Crippen LogP contribution in [0.4, 0.5) is 0 Å². The summed E-state index contributed by atoms with van der Waals surface area (Å²) < 4.78 is 0. The number of unbranched alkanes of at least 4 members (excludes halogenated alkanes) is 1. The van der Waals surface area contributed by atoms with Crippen molar-refractivity contribution >= 4 is 0 Å². The number of hydrogen-bond donors (Lipinski definition) is 0. The Morgan fingerprint density at radius 1 is 0.385 bits per heavy atom. The fourth-order valence-electron chi connectivity index (χ4n) is 0. The highest BCUT2D eigenvalue weighted by Crippen LogP contribution is 1.94. The van der Waals surface area contributed by atoms with Crippen LogP contribution in [-0.4, -0.2) is 0 Å². The van der Waals surface area contributed by atoms with Crippen molar-refractivity contribution in [2.24, 2.45) is 23.7 Å². The minimum atomic E-state index is 0.833. The lowest BCUT2D eigenvalue weighted by atomic mass is 10.2. The molecule has 0 unspecified atom stereocenters. The van der Waals surface area contributed by atoms with Gasteiger partial charge in [-0.15, -0.1) is 0 Å². The van der Waals surface area contributed by atoms with Gasteiger partial charge in [0.2, 0.25) is 0 Å². The summed E-state index contributed by atoms with van der Waals surface area (Å²) in [5, 5.41) is 0. The van der Waals surface area contributed by atoms with Crippen molar-refractivity contribution in [1.82, 2.24) is 0 Å². The zero-order valence-corrected chi connectivity index (χ0v) is 22.6. The van der Waals surface area contributed by atoms with Crippen LogP contribution in [0.3, 0.4) is 0 Å². The summed E-state index contributed by atoms with van der Waals surface area (Å²) in [6.07, 6.45) is 7.81. The van der Waals surface area contributed by atoms with E-state index < -0.39 is 0 Å². The smallest absolute Gasteiger partial charge is 0.0474 e. The molecule has 0 saturated heterocycles. The maximum atomic E-state index is 2.22. The molecule has 0 aromatic rings. The van der Waals surface area contributed by atoms with E-state index in [1.807, 2.05) is 0 Å². The highest BCUT2D eigenvalue weighted by molar-refractivity contribution is 4.33. The molecule has 0 heteroatoms. The Labute approximate surface area is 173 Å². The van der Waals surface area contributed by atoms with Gasteiger partial charge in [0, 0.05) is 0 Å². The van der Waals surface area contributed by atoms with Crippen molar-refractivity contribution in [3.05, 3.63) is 0 Å². The lowest BCUT2D eigenvalue weighted by Gasteiger charge is -1.90. The molecule has 0 aliphatic carbocycles. The minimum absolute atomic E-state index is 0.833. The molecule has 168 valence electrons. The first-order valence-corrected chi connectivity index (χ1v) is 11.9. The van der Waals surface area contributed by atoms with Gasteiger partial charge in [-0.2, -0.15) is 0 Å². The average Bonchev–Trinajstić information content (AvgIpc) is 2.56. The first-order chi connectivity index (χ1) is 11.9. The first-order valence-electron chi connectivity index (χ1n) is 11.9. The van der Waals surface area contributed by atoms with E-state index in [9.17, 15) is 0 Å². The maximum absolute atomic E-state index is 2.22. The second kappa shape index (κ2) is 44.4. The lowest BCUT2D eigenvalue weighted by Crippen LogP contribution is -1.77. The molecular formula is C26H64. The third-order valence-corrected chi connectivity index (χ3v) is 2.95. The van der Waals surface area contributed by atoms with Crippen molar-refractivity contribution < 1.29 is 0 Å². The second-order valence-electron chi connectivity index (χ2n) is 8.85. The van der Waals surface area contributed by atoms with Crippen LogP contribution >= 0.6 is 0 Å². The second-order valence-corrected chi connectivity index (χ2v) is 8.85. The molecule has 0 amide bonds. The van der Waals surface area contributed by atoms with E-state index in [-0.39, 0.29) is 0 Å². The van der Waals surface area contributed by atoms with Crippen LogP contribution in [0.15, 0.2) is 0 Å². The molecule has 0 aliphatic rings. The predicted octanol–water partition coefficient (Wildman–Crippen LogP) is 11.0. The fourth-order valence-corrected chi connectivity index (χ4v) is 0. The van der Waals surface area contributed by atoms with Crippen LogP contribution in [-0.2, 0) is 0 Å². The standard InChI is InChI=1S/3C5H12.2C4H10.C3H8/c3*1-4-5(2)3;1-4(2)3;1-3-4-2;1-3-2/h3*5H,4H2,1-3H3;4H,1-3H3;3-4H2,1-2H3;3H2,1-2H3. The molecule has 0 aromatic heterocycles. The van der Waals surface area contributed by atoms with Crippen LogP contribution in [0.1, 0.15) is 149 Å². The van der Waals surface area contributed by atoms with Gasteiger partial charge in [-0.25, -0.2) is 0 Å². The Morgan fingerprint density at radius 3 is 0.462 bits per heavy atom. The summed E-state index contributed by atoms with van der Waals surface area (Å²) in [5.41, 5.74) is 0. The SMILES string of the molecule is CC(C)C.CCC.CCC(C)C.CCC(C)C.CCC(C)C.CCCC. The van der Waals surface area contributed by atoms with Crippen molar-refractivity contribution in [3.63, 3.8) is 0 Å². The van der Waals surface area contributed by atoms with E-state index in [0.717, 1.165) is 23.7 Å². The highest BCUT2D eigenvalue weighted by atomic mass is 13.9. The Balaban J connectivity index is -0.0000000466. The summed E-state index contributed by atoms with van der Waals surface area (Å²) in [4.78, 5) is 0. The van der Waals surface area contributed by atoms with Gasteiger partial charge in [-0.3, -0.25) is 0 Å². The summed E-state index contributed by atoms with van der Waals surface area (Å²) in [7, 11) is 0. The third kappa shape index (κ3) is 259. The Kier molecular flexibility index (Phi) is 69.4. The van der Waals surface area contributed by atoms with Gasteiger partial charge in [-0.1, -0.05) is 149 Å². The summed E-state index contributed by atoms with van der Waals surface area (Å²) in [6, 6.07) is 0. The quantitative estimate of drug-likeness (QED) is 0.457. The largest absolute Gasteiger partial charge is 0.0656 e. The molecule has 26 heavy (non-hydrogen) atoms. The van der Waals surface area contributed by atoms with E-state index in [1.54, 1.807) is 0 Å². The van der Waals surface area contributed by atoms with Gasteiger partial charge in [0.15, 0.2) is 0 Å². The monoisotopic (exact) mass is 377 g/mol. The van der Waals surface area contributed by atoms with Crippen LogP contribution in [0.25, 0.3) is 0 Å². The lowest BCUT2D eigenvalue weighted by molar-refractivity contribution is 0.626. The predicted molar refractivity (Wildman–Crippen MR) is 132 cm³/mol. The topological polar surface area (TPSA) is 0 Å². The Bertz CT molecular complexity index is 118. The van der Waals surface area contributed by atoms with Gasteiger partial charge in [-0.05, 0) is 23.7 Å². The molecule has 0 aromatic carbocycles. The van der Waals surface area contributed by atoms with Gasteiger partial charge in [0.25, 0.3) is 0 Å². The number of rotatable bonds is 4. The zero-order chi connectivity index (χ0) is 22.6. The van der Waals surface area contributed by atoms with Crippen molar-refractivity contribution in [2.45, 2.75) is 149 Å². The maximum Gasteiger partial charge on any atom is -0.0474 e. The van der Waals surface area contributed by atoms with Crippen LogP contribution in [0.5, 0.6) is 0 Å². The minimum Gasteiger partial charge on any atom is -0.0656 e. The molecule has 0 saturated carbocycles. The Hall–Kier alpha value is 0. The molecule has 0 atom stereocenters. The molecule has 0 fully saturated rings. The summed E-state index contributed by atoms with van der Waals surface area (Å²) in [6.45, 7) is 35.0. The van der Waals surface area contributed by atoms with E-state index >= 15 is 0 Å². The summed E-state index contributed by atoms with van der Waals surface area (Å²) in [5.74, 6) is 3.49. The number of hydrogen-bond acceptors (Lipinski definition) is 0. The van der Waals surface area contributed by atoms with Crippen molar-refractivity contribution in [1.29, 1.82) is 0 Å². The van der Waals surface area contributed by atoms with E-state index in [2.05, 4.69) is 111 Å². The van der Waals surface area contributed by atoms with Crippen LogP contribution < -0.4 is 0 Å². The molecule has 0 N–H and O–H groups in total. The van der Waals surface area contributed by atoms with E-state index in [0.29, 0.717) is 0 Å². The normalized spacial score (nSPS) is 8.77. The third-order valence-electron chi connectivity index (χ3n) is 2.95. The van der Waals surface area contributed by atoms with E-state index in [4.69, 9.17) is 0 Å². The molecule has 0 nitrogen and oxygen atoms in total. The molecular weight excluding hydrogens is 312 g/mol. The average molecular weight is 377 g/mol. The van der Waals surface area contributed by atoms with Gasteiger partial charge in [0.1, 0.15) is 0 Å². The molecule has 0 heterocycles. The zero-order valence-electron chi connectivity index (χ0n) is 22.6. The molecule has 0 spiro atoms. The molecule has 0 rings (SSSR count). The van der Waals surface area contributed by atoms with Gasteiger partial charge in [0.05, 0.1) is 0 Å². The Morgan fingerprint density at radius 2 is 0.462 bits per heavy atom. The van der Waals surface area contributed by atoms with Gasteiger partial charge < -0.3 is 0 Å². The highest BCUT2D eigenvalue weighted by Gasteiger charge is 1.81.